The van der Waals surface area contributed by atoms with Crippen molar-refractivity contribution >= 4 is 0 Å². The van der Waals surface area contributed by atoms with Gasteiger partial charge in [0.25, 0.3) is 0 Å². The Hall–Kier alpha value is -0.860. The Kier molecular flexibility index (Phi) is 4.97. The van der Waals surface area contributed by atoms with E-state index in [0.29, 0.717) is 0 Å². The molecule has 1 rings (SSSR count). The summed E-state index contributed by atoms with van der Waals surface area (Å²) < 4.78 is 0. The van der Waals surface area contributed by atoms with E-state index in [1.807, 2.05) is 6.92 Å². The average molecular weight is 221 g/mol. The molecule has 2 nitrogen and oxygen atoms in total. The molecule has 0 radical (unpaired) electrons. The summed E-state index contributed by atoms with van der Waals surface area (Å²) in [5.41, 5.74) is 2.47. The highest BCUT2D eigenvalue weighted by molar-refractivity contribution is 5.22. The summed E-state index contributed by atoms with van der Waals surface area (Å²) in [6.45, 7) is 7.29. The van der Waals surface area contributed by atoms with Gasteiger partial charge in [0.2, 0.25) is 0 Å². The number of aliphatic hydroxyl groups excluding tert-OH is 1. The first kappa shape index (κ1) is 13.2. The van der Waals surface area contributed by atoms with Gasteiger partial charge in [0.15, 0.2) is 0 Å². The second kappa shape index (κ2) is 6.02. The number of aryl methyl sites for hydroxylation is 1. The summed E-state index contributed by atoms with van der Waals surface area (Å²) in [6.07, 6.45) is 2.01. The second-order valence-electron chi connectivity index (χ2n) is 4.60. The van der Waals surface area contributed by atoms with Crippen LogP contribution >= 0.6 is 0 Å². The van der Waals surface area contributed by atoms with Crippen molar-refractivity contribution in [2.24, 2.45) is 0 Å². The van der Waals surface area contributed by atoms with Crippen molar-refractivity contribution in [2.45, 2.75) is 45.7 Å². The fraction of sp³-hybridized carbons (Fsp3) is 0.571. The molecule has 1 unspecified atom stereocenters. The fourth-order valence-corrected chi connectivity index (χ4v) is 1.50. The number of aliphatic hydroxyl groups is 1. The lowest BCUT2D eigenvalue weighted by atomic mass is 9.99. The van der Waals surface area contributed by atoms with E-state index >= 15 is 0 Å². The minimum atomic E-state index is -0.163. The Bertz CT molecular complexity index is 301. The molecule has 0 spiro atoms. The maximum absolute atomic E-state index is 9.28. The van der Waals surface area contributed by atoms with Gasteiger partial charge in [-0.1, -0.05) is 38.1 Å². The van der Waals surface area contributed by atoms with Crippen LogP contribution < -0.4 is 5.32 Å². The molecule has 0 saturated carbocycles. The molecule has 0 bridgehead atoms. The summed E-state index contributed by atoms with van der Waals surface area (Å²) in [5, 5.41) is 12.7. The van der Waals surface area contributed by atoms with Crippen LogP contribution in [0.25, 0.3) is 0 Å². The number of rotatable bonds is 6. The maximum atomic E-state index is 9.28. The summed E-state index contributed by atoms with van der Waals surface area (Å²) in [6, 6.07) is 8.64. The Morgan fingerprint density at radius 3 is 2.12 bits per heavy atom. The molecule has 90 valence electrons. The molecular weight excluding hydrogens is 198 g/mol. The first-order valence-electron chi connectivity index (χ1n) is 6.07. The van der Waals surface area contributed by atoms with E-state index in [1.165, 1.54) is 11.1 Å². The molecule has 0 aliphatic carbocycles. The molecule has 1 aromatic carbocycles. The fourth-order valence-electron chi connectivity index (χ4n) is 1.50. The van der Waals surface area contributed by atoms with E-state index in [-0.39, 0.29) is 12.1 Å². The quantitative estimate of drug-likeness (QED) is 0.773. The normalized spacial score (nSPS) is 14.8. The summed E-state index contributed by atoms with van der Waals surface area (Å²) in [4.78, 5) is 0. The highest BCUT2D eigenvalue weighted by atomic mass is 16.3. The van der Waals surface area contributed by atoms with Crippen LogP contribution in [0.1, 0.15) is 38.3 Å². The zero-order chi connectivity index (χ0) is 12.0. The molecule has 0 amide bonds. The van der Waals surface area contributed by atoms with E-state index in [2.05, 4.69) is 43.4 Å². The SMILES string of the molecule is CCc1ccc(CNC(C)(CC)CO)cc1. The molecule has 2 heteroatoms. The average Bonchev–Trinajstić information content (AvgIpc) is 2.36. The third-order valence-corrected chi connectivity index (χ3v) is 3.28. The van der Waals surface area contributed by atoms with Crippen LogP contribution in [0.4, 0.5) is 0 Å². The number of hydrogen-bond donors (Lipinski definition) is 2. The van der Waals surface area contributed by atoms with Gasteiger partial charge in [-0.25, -0.2) is 0 Å². The molecule has 0 aliphatic heterocycles. The summed E-state index contributed by atoms with van der Waals surface area (Å²) >= 11 is 0. The van der Waals surface area contributed by atoms with Crippen LogP contribution in [0.3, 0.4) is 0 Å². The van der Waals surface area contributed by atoms with Crippen molar-refractivity contribution in [1.29, 1.82) is 0 Å². The Morgan fingerprint density at radius 1 is 1.12 bits per heavy atom. The highest BCUT2D eigenvalue weighted by Crippen LogP contribution is 2.10. The standard InChI is InChI=1S/C14H23NO/c1-4-12-6-8-13(9-7-12)10-15-14(3,5-2)11-16/h6-9,15-16H,4-5,10-11H2,1-3H3. The molecule has 16 heavy (non-hydrogen) atoms. The first-order valence-corrected chi connectivity index (χ1v) is 6.07. The summed E-state index contributed by atoms with van der Waals surface area (Å²) in [7, 11) is 0. The zero-order valence-electron chi connectivity index (χ0n) is 10.6. The lowest BCUT2D eigenvalue weighted by Crippen LogP contribution is -2.44. The van der Waals surface area contributed by atoms with Crippen LogP contribution in [-0.2, 0) is 13.0 Å². The Balaban J connectivity index is 2.54. The third kappa shape index (κ3) is 3.62. The molecule has 0 fully saturated rings. The van der Waals surface area contributed by atoms with Gasteiger partial charge in [0, 0.05) is 12.1 Å². The van der Waals surface area contributed by atoms with Crippen molar-refractivity contribution in [2.75, 3.05) is 6.61 Å². The van der Waals surface area contributed by atoms with Crippen molar-refractivity contribution in [1.82, 2.24) is 5.32 Å². The van der Waals surface area contributed by atoms with Gasteiger partial charge in [0.1, 0.15) is 0 Å². The number of hydrogen-bond acceptors (Lipinski definition) is 2. The van der Waals surface area contributed by atoms with Crippen LogP contribution in [0.2, 0.25) is 0 Å². The number of nitrogens with one attached hydrogen (secondary N) is 1. The first-order chi connectivity index (χ1) is 7.63. The van der Waals surface area contributed by atoms with E-state index in [9.17, 15) is 5.11 Å². The Morgan fingerprint density at radius 2 is 1.69 bits per heavy atom. The zero-order valence-corrected chi connectivity index (χ0v) is 10.6. The molecule has 2 N–H and O–H groups in total. The second-order valence-corrected chi connectivity index (χ2v) is 4.60. The molecule has 0 aromatic heterocycles. The topological polar surface area (TPSA) is 32.3 Å². The van der Waals surface area contributed by atoms with Crippen molar-refractivity contribution in [3.05, 3.63) is 35.4 Å². The van der Waals surface area contributed by atoms with Gasteiger partial charge in [-0.2, -0.15) is 0 Å². The Labute approximate surface area is 98.7 Å². The van der Waals surface area contributed by atoms with Crippen LogP contribution in [0.5, 0.6) is 0 Å². The van der Waals surface area contributed by atoms with Crippen LogP contribution in [0.15, 0.2) is 24.3 Å². The van der Waals surface area contributed by atoms with E-state index in [4.69, 9.17) is 0 Å². The monoisotopic (exact) mass is 221 g/mol. The van der Waals surface area contributed by atoms with E-state index in [1.54, 1.807) is 0 Å². The summed E-state index contributed by atoms with van der Waals surface area (Å²) in [5.74, 6) is 0. The van der Waals surface area contributed by atoms with Crippen LogP contribution in [-0.4, -0.2) is 17.3 Å². The lowest BCUT2D eigenvalue weighted by molar-refractivity contribution is 0.169. The van der Waals surface area contributed by atoms with Crippen LogP contribution in [0, 0.1) is 0 Å². The van der Waals surface area contributed by atoms with Gasteiger partial charge < -0.3 is 10.4 Å². The molecular formula is C14H23NO. The van der Waals surface area contributed by atoms with E-state index < -0.39 is 0 Å². The predicted molar refractivity (Wildman–Crippen MR) is 68.4 cm³/mol. The molecule has 0 heterocycles. The van der Waals surface area contributed by atoms with Gasteiger partial charge in [-0.3, -0.25) is 0 Å². The van der Waals surface area contributed by atoms with Gasteiger partial charge in [0.05, 0.1) is 6.61 Å². The van der Waals surface area contributed by atoms with Gasteiger partial charge in [-0.15, -0.1) is 0 Å². The van der Waals surface area contributed by atoms with Gasteiger partial charge >= 0.3 is 0 Å². The largest absolute Gasteiger partial charge is 0.394 e. The minimum absolute atomic E-state index is 0.163. The smallest absolute Gasteiger partial charge is 0.0610 e. The molecule has 1 aromatic rings. The third-order valence-electron chi connectivity index (χ3n) is 3.28. The van der Waals surface area contributed by atoms with Crippen molar-refractivity contribution < 1.29 is 5.11 Å². The highest BCUT2D eigenvalue weighted by Gasteiger charge is 2.19. The van der Waals surface area contributed by atoms with Crippen molar-refractivity contribution in [3.63, 3.8) is 0 Å². The minimum Gasteiger partial charge on any atom is -0.394 e. The molecule has 0 saturated heterocycles. The molecule has 1 atom stereocenters. The molecule has 0 aliphatic rings. The van der Waals surface area contributed by atoms with Crippen molar-refractivity contribution in [3.8, 4) is 0 Å². The van der Waals surface area contributed by atoms with E-state index in [0.717, 1.165) is 19.4 Å². The lowest BCUT2D eigenvalue weighted by Gasteiger charge is -2.27. The van der Waals surface area contributed by atoms with Gasteiger partial charge in [-0.05, 0) is 30.9 Å². The number of benzene rings is 1. The maximum Gasteiger partial charge on any atom is 0.0610 e. The predicted octanol–water partition coefficient (Wildman–Crippen LogP) is 2.50.